The van der Waals surface area contributed by atoms with Gasteiger partial charge in [0.25, 0.3) is 0 Å². The quantitative estimate of drug-likeness (QED) is 0.223. The van der Waals surface area contributed by atoms with Crippen LogP contribution in [0.25, 0.3) is 0 Å². The lowest BCUT2D eigenvalue weighted by Gasteiger charge is -2.29. The highest BCUT2D eigenvalue weighted by atomic mass is 16.6. The summed E-state index contributed by atoms with van der Waals surface area (Å²) in [5, 5.41) is 0. The van der Waals surface area contributed by atoms with Crippen LogP contribution in [0.5, 0.6) is 0 Å². The fraction of sp³-hybridized carbons (Fsp3) is 0.935. The minimum absolute atomic E-state index is 0. The Balaban J connectivity index is 0.000000664. The number of rotatable bonds is 10. The van der Waals surface area contributed by atoms with Crippen LogP contribution in [0.1, 0.15) is 198 Å². The van der Waals surface area contributed by atoms with Crippen LogP contribution < -0.4 is 5.82 Å². The van der Waals surface area contributed by atoms with E-state index in [0.717, 1.165) is 6.42 Å². The molecule has 4 rings (SSSR count). The average Bonchev–Trinajstić information content (AvgIpc) is 3.34. The van der Waals surface area contributed by atoms with Gasteiger partial charge in [-0.25, -0.2) is 4.79 Å². The number of hydrogen-bond acceptors (Lipinski definition) is 6. The normalized spacial score (nSPS) is 18.2. The first kappa shape index (κ1) is 50.9. The molecule has 1 aromatic rings. The minimum atomic E-state index is -0.605. The van der Waals surface area contributed by atoms with Crippen molar-refractivity contribution in [2.75, 3.05) is 58.9 Å². The second-order valence-corrected chi connectivity index (χ2v) is 20.9. The first-order valence-corrected chi connectivity index (χ1v) is 21.4. The summed E-state index contributed by atoms with van der Waals surface area (Å²) < 4.78 is 9.61. The van der Waals surface area contributed by atoms with Crippen LogP contribution in [0.4, 0.5) is 0 Å². The smallest absolute Gasteiger partial charge is 0.396 e. The maximum absolute atomic E-state index is 10.7. The molecule has 0 spiro atoms. The Morgan fingerprint density at radius 3 is 1.17 bits per heavy atom. The van der Waals surface area contributed by atoms with Crippen molar-refractivity contribution in [3.63, 3.8) is 0 Å². The molecule has 6 heteroatoms. The summed E-state index contributed by atoms with van der Waals surface area (Å²) in [6.07, 6.45) is 21.9. The molecule has 1 aromatic heterocycles. The standard InChI is InChI=1S/C13H27N.C12H25N.C11H23N.C9H14O3.CH4/c1-13(2,3)9-5-8-12-14-10-6-4-7-11-14;1-12(2,3)8-7-11-13-9-5-4-6-10-13;1-11(2,3)7-10-12-8-5-4-6-9-12;1-6-7(5-9(2,3)4)12-8(10)11-6;/h4-12H2,1-3H3;4-11H2,1-3H3;4-10H2,1-3H3;5H2,1-4H3;1H4. The van der Waals surface area contributed by atoms with Gasteiger partial charge >= 0.3 is 5.82 Å². The fourth-order valence-corrected chi connectivity index (χ4v) is 6.88. The maximum Gasteiger partial charge on any atom is 0.519 e. The van der Waals surface area contributed by atoms with Crippen LogP contribution in [0, 0.1) is 28.6 Å². The van der Waals surface area contributed by atoms with Crippen LogP contribution in [0.2, 0.25) is 0 Å². The highest BCUT2D eigenvalue weighted by Crippen LogP contribution is 2.24. The second kappa shape index (κ2) is 25.9. The maximum atomic E-state index is 10.7. The van der Waals surface area contributed by atoms with Gasteiger partial charge in [0, 0.05) is 6.42 Å². The van der Waals surface area contributed by atoms with Gasteiger partial charge in [-0.15, -0.1) is 0 Å². The third-order valence-corrected chi connectivity index (χ3v) is 10.1. The molecule has 52 heavy (non-hydrogen) atoms. The van der Waals surface area contributed by atoms with Gasteiger partial charge in [0.2, 0.25) is 0 Å². The lowest BCUT2D eigenvalue weighted by atomic mass is 9.90. The number of aryl methyl sites for hydroxylation is 1. The molecule has 3 aliphatic rings. The molecule has 0 radical (unpaired) electrons. The monoisotopic (exact) mass is 736 g/mol. The van der Waals surface area contributed by atoms with Gasteiger partial charge in [-0.2, -0.15) is 0 Å². The van der Waals surface area contributed by atoms with Crippen molar-refractivity contribution in [1.29, 1.82) is 0 Å². The Morgan fingerprint density at radius 2 is 0.827 bits per heavy atom. The highest BCUT2D eigenvalue weighted by molar-refractivity contribution is 5.02. The van der Waals surface area contributed by atoms with Gasteiger partial charge in [-0.05, 0) is 158 Å². The first-order valence-electron chi connectivity index (χ1n) is 21.4. The number of nitrogens with zero attached hydrogens (tertiary/aromatic N) is 3. The summed E-state index contributed by atoms with van der Waals surface area (Å²) in [6, 6.07) is 0. The molecular formula is C46H93N3O3. The van der Waals surface area contributed by atoms with Crippen LogP contribution in [0.15, 0.2) is 13.6 Å². The molecule has 0 N–H and O–H groups in total. The third kappa shape index (κ3) is 30.2. The predicted molar refractivity (Wildman–Crippen MR) is 229 cm³/mol. The Kier molecular flexibility index (Phi) is 25.3. The lowest BCUT2D eigenvalue weighted by Crippen LogP contribution is -2.32. The molecule has 3 fully saturated rings. The van der Waals surface area contributed by atoms with Crippen LogP contribution in [-0.2, 0) is 6.42 Å². The van der Waals surface area contributed by atoms with Crippen molar-refractivity contribution in [3.8, 4) is 0 Å². The van der Waals surface area contributed by atoms with Gasteiger partial charge in [-0.3, -0.25) is 0 Å². The summed E-state index contributed by atoms with van der Waals surface area (Å²) >= 11 is 0. The molecule has 0 saturated carbocycles. The van der Waals surface area contributed by atoms with E-state index in [1.54, 1.807) is 6.92 Å². The van der Waals surface area contributed by atoms with Crippen LogP contribution in [-0.4, -0.2) is 73.6 Å². The fourth-order valence-electron chi connectivity index (χ4n) is 6.88. The zero-order valence-electron chi connectivity index (χ0n) is 36.7. The third-order valence-electron chi connectivity index (χ3n) is 10.1. The van der Waals surface area contributed by atoms with Gasteiger partial charge in [0.05, 0.1) is 0 Å². The van der Waals surface area contributed by atoms with Crippen molar-refractivity contribution in [3.05, 3.63) is 22.1 Å². The second-order valence-electron chi connectivity index (χ2n) is 20.9. The van der Waals surface area contributed by atoms with E-state index >= 15 is 0 Å². The topological polar surface area (TPSA) is 53.1 Å². The van der Waals surface area contributed by atoms with Crippen LogP contribution in [0.3, 0.4) is 0 Å². The molecule has 0 unspecified atom stereocenters. The summed E-state index contributed by atoms with van der Waals surface area (Å²) in [4.78, 5) is 18.6. The largest absolute Gasteiger partial charge is 0.519 e. The molecule has 6 nitrogen and oxygen atoms in total. The molecule has 0 atom stereocenters. The number of hydrogen-bond donors (Lipinski definition) is 0. The van der Waals surface area contributed by atoms with E-state index in [1.807, 2.05) is 0 Å². The van der Waals surface area contributed by atoms with Gasteiger partial charge < -0.3 is 23.5 Å². The van der Waals surface area contributed by atoms with Crippen molar-refractivity contribution < 1.29 is 8.83 Å². The molecule has 0 aromatic carbocycles. The molecule has 0 amide bonds. The van der Waals surface area contributed by atoms with Gasteiger partial charge in [0.15, 0.2) is 0 Å². The highest BCUT2D eigenvalue weighted by Gasteiger charge is 2.18. The number of piperidine rings is 3. The number of likely N-dealkylation sites (tertiary alicyclic amines) is 3. The molecule has 4 heterocycles. The minimum Gasteiger partial charge on any atom is -0.396 e. The van der Waals surface area contributed by atoms with E-state index in [-0.39, 0.29) is 12.8 Å². The van der Waals surface area contributed by atoms with E-state index < -0.39 is 5.82 Å². The van der Waals surface area contributed by atoms with E-state index in [1.165, 1.54) is 155 Å². The Labute approximate surface area is 325 Å². The lowest BCUT2D eigenvalue weighted by molar-refractivity contribution is 0.196. The average molecular weight is 736 g/mol. The first-order chi connectivity index (χ1) is 23.6. The van der Waals surface area contributed by atoms with Gasteiger partial charge in [0.1, 0.15) is 11.5 Å². The van der Waals surface area contributed by atoms with E-state index in [4.69, 9.17) is 8.83 Å². The SMILES string of the molecule is C.CC(C)(C)CCCCN1CCCCC1.CC(C)(C)CCCN1CCCCC1.CC(C)(C)CCN1CCCCC1.Cc1oc(=O)oc1CC(C)(C)C. The van der Waals surface area contributed by atoms with Crippen molar-refractivity contribution >= 4 is 0 Å². The summed E-state index contributed by atoms with van der Waals surface area (Å²) in [5.74, 6) is 0.647. The zero-order chi connectivity index (χ0) is 38.6. The summed E-state index contributed by atoms with van der Waals surface area (Å²) in [6.45, 7) is 41.1. The predicted octanol–water partition coefficient (Wildman–Crippen LogP) is 12.7. The Morgan fingerprint density at radius 1 is 0.462 bits per heavy atom. The van der Waals surface area contributed by atoms with E-state index in [2.05, 4.69) is 97.8 Å². The summed E-state index contributed by atoms with van der Waals surface area (Å²) in [5.41, 5.74) is 1.68. The van der Waals surface area contributed by atoms with E-state index in [0.29, 0.717) is 27.8 Å². The molecular weight excluding hydrogens is 643 g/mol. The molecule has 0 aliphatic carbocycles. The van der Waals surface area contributed by atoms with Crippen molar-refractivity contribution in [2.45, 2.75) is 200 Å². The number of unbranched alkanes of at least 4 members (excludes halogenated alkanes) is 1. The van der Waals surface area contributed by atoms with Gasteiger partial charge in [-0.1, -0.05) is 116 Å². The zero-order valence-corrected chi connectivity index (χ0v) is 36.7. The van der Waals surface area contributed by atoms with Crippen LogP contribution >= 0.6 is 0 Å². The Bertz CT molecular complexity index is 1030. The molecule has 3 saturated heterocycles. The summed E-state index contributed by atoms with van der Waals surface area (Å²) in [7, 11) is 0. The molecule has 3 aliphatic heterocycles. The Hall–Kier alpha value is -1.11. The van der Waals surface area contributed by atoms with E-state index in [9.17, 15) is 4.79 Å². The van der Waals surface area contributed by atoms with Crippen molar-refractivity contribution in [2.24, 2.45) is 21.7 Å². The molecule has 0 bridgehead atoms. The molecule has 310 valence electrons. The van der Waals surface area contributed by atoms with Crippen molar-refractivity contribution in [1.82, 2.24) is 14.7 Å².